The Labute approximate surface area is 240 Å². The molecule has 1 aromatic heterocycles. The minimum atomic E-state index is 0.367. The summed E-state index contributed by atoms with van der Waals surface area (Å²) in [6.45, 7) is 14.4. The summed E-state index contributed by atoms with van der Waals surface area (Å²) >= 11 is 0. The Morgan fingerprint density at radius 3 is 2.15 bits per heavy atom. The van der Waals surface area contributed by atoms with Gasteiger partial charge in [-0.15, -0.1) is 0 Å². The summed E-state index contributed by atoms with van der Waals surface area (Å²) in [5.74, 6) is 2.27. The molecule has 0 bridgehead atoms. The fraction of sp³-hybridized carbons (Fsp3) is 0.562. The monoisotopic (exact) mass is 542 g/mol. The quantitative estimate of drug-likeness (QED) is 0.610. The van der Waals surface area contributed by atoms with Crippen molar-refractivity contribution in [2.75, 3.05) is 86.4 Å². The third-order valence-corrected chi connectivity index (χ3v) is 9.41. The lowest BCUT2D eigenvalue weighted by Gasteiger charge is -2.41. The molecule has 0 radical (unpaired) electrons. The van der Waals surface area contributed by atoms with E-state index >= 15 is 0 Å². The molecule has 0 atom stereocenters. The van der Waals surface area contributed by atoms with Crippen molar-refractivity contribution in [3.63, 3.8) is 0 Å². The van der Waals surface area contributed by atoms with Crippen LogP contribution in [0.3, 0.4) is 0 Å². The highest BCUT2D eigenvalue weighted by molar-refractivity contribution is 5.58. The number of rotatable bonds is 5. The predicted octanol–water partition coefficient (Wildman–Crippen LogP) is 3.94. The first-order chi connectivity index (χ1) is 19.6. The molecule has 40 heavy (non-hydrogen) atoms. The third kappa shape index (κ3) is 5.31. The first-order valence-corrected chi connectivity index (χ1v) is 15.4. The summed E-state index contributed by atoms with van der Waals surface area (Å²) in [4.78, 5) is 21.7. The van der Waals surface area contributed by atoms with Crippen LogP contribution < -0.4 is 20.4 Å². The Hall–Kier alpha value is -3.10. The summed E-state index contributed by atoms with van der Waals surface area (Å²) < 4.78 is 0. The van der Waals surface area contributed by atoms with Gasteiger partial charge < -0.3 is 25.3 Å². The zero-order chi connectivity index (χ0) is 27.7. The number of anilines is 4. The molecule has 1 aromatic carbocycles. The van der Waals surface area contributed by atoms with Crippen LogP contribution in [0.5, 0.6) is 0 Å². The van der Waals surface area contributed by atoms with E-state index in [1.807, 2.05) is 13.8 Å². The number of fused-ring (bicyclic) bond motifs is 1. The number of nitrogen functional groups attached to an aromatic ring is 1. The first kappa shape index (κ1) is 27.1. The number of hydrogen-bond donors (Lipinski definition) is 1. The van der Waals surface area contributed by atoms with E-state index in [9.17, 15) is 0 Å². The molecule has 4 heterocycles. The summed E-state index contributed by atoms with van der Waals surface area (Å²) in [7, 11) is 2.17. The fourth-order valence-corrected chi connectivity index (χ4v) is 6.88. The van der Waals surface area contributed by atoms with Gasteiger partial charge in [0.05, 0.1) is 0 Å². The van der Waals surface area contributed by atoms with Gasteiger partial charge in [-0.05, 0) is 61.6 Å². The van der Waals surface area contributed by atoms with E-state index in [2.05, 4.69) is 84.0 Å². The van der Waals surface area contributed by atoms with Crippen molar-refractivity contribution < 1.29 is 0 Å². The summed E-state index contributed by atoms with van der Waals surface area (Å²) in [6, 6.07) is 9.27. The Bertz CT molecular complexity index is 1250. The maximum absolute atomic E-state index is 6.20. The maximum Gasteiger partial charge on any atom is 0.223 e. The van der Waals surface area contributed by atoms with Crippen LogP contribution in [-0.4, -0.2) is 91.3 Å². The average molecular weight is 543 g/mol. The highest BCUT2D eigenvalue weighted by Crippen LogP contribution is 2.50. The van der Waals surface area contributed by atoms with E-state index in [-0.39, 0.29) is 0 Å². The fourth-order valence-electron chi connectivity index (χ4n) is 6.88. The van der Waals surface area contributed by atoms with Gasteiger partial charge in [-0.1, -0.05) is 38.1 Å². The van der Waals surface area contributed by atoms with Gasteiger partial charge in [-0.2, -0.15) is 9.97 Å². The van der Waals surface area contributed by atoms with Gasteiger partial charge in [0.2, 0.25) is 5.95 Å². The summed E-state index contributed by atoms with van der Waals surface area (Å²) in [6.07, 6.45) is 11.8. The van der Waals surface area contributed by atoms with Crippen LogP contribution in [0.2, 0.25) is 0 Å². The Balaban J connectivity index is 0.00000142. The molecule has 214 valence electrons. The molecule has 0 amide bonds. The Kier molecular flexibility index (Phi) is 7.73. The van der Waals surface area contributed by atoms with Crippen LogP contribution in [0, 0.1) is 0 Å². The second-order valence-electron chi connectivity index (χ2n) is 11.7. The molecule has 2 N–H and O–H groups in total. The van der Waals surface area contributed by atoms with E-state index in [1.165, 1.54) is 29.7 Å². The van der Waals surface area contributed by atoms with Crippen molar-refractivity contribution in [3.8, 4) is 0 Å². The Morgan fingerprint density at radius 2 is 1.48 bits per heavy atom. The largest absolute Gasteiger partial charge is 0.369 e. The first-order valence-electron chi connectivity index (χ1n) is 15.4. The van der Waals surface area contributed by atoms with E-state index in [0.717, 1.165) is 89.9 Å². The van der Waals surface area contributed by atoms with Crippen molar-refractivity contribution >= 4 is 23.3 Å². The lowest BCUT2D eigenvalue weighted by atomic mass is 9.98. The molecule has 8 heteroatoms. The van der Waals surface area contributed by atoms with Crippen LogP contribution in [0.25, 0.3) is 0 Å². The van der Waals surface area contributed by atoms with Gasteiger partial charge in [0, 0.05) is 82.7 Å². The minimum absolute atomic E-state index is 0.367. The van der Waals surface area contributed by atoms with Gasteiger partial charge >= 0.3 is 0 Å². The van der Waals surface area contributed by atoms with Crippen LogP contribution in [0.4, 0.5) is 23.3 Å². The van der Waals surface area contributed by atoms with E-state index < -0.39 is 0 Å². The number of likely N-dealkylation sites (N-methyl/N-ethyl adjacent to an activating group) is 1. The van der Waals surface area contributed by atoms with Crippen molar-refractivity contribution in [2.45, 2.75) is 51.6 Å². The standard InChI is InChI=1S/C30H40N8.C2H6/c1-34-12-14-36(15-13-34)27-21-28(33-29(31)32-27)37-11-8-23-6-7-26(20-24(23)22-37)35-16-18-38(19-17-35)30(9-10-30)25-4-2-3-5-25;1-2/h2-4,6-7,20-21H,5,8-19,22H2,1H3,(H2,31,32,33);1-2H3. The van der Waals surface area contributed by atoms with E-state index in [0.29, 0.717) is 11.5 Å². The molecule has 5 aliphatic rings. The molecule has 0 spiro atoms. The molecule has 0 unspecified atom stereocenters. The third-order valence-electron chi connectivity index (χ3n) is 9.41. The number of piperazine rings is 2. The zero-order valence-electron chi connectivity index (χ0n) is 24.6. The van der Waals surface area contributed by atoms with E-state index in [4.69, 9.17) is 5.73 Å². The van der Waals surface area contributed by atoms with Crippen molar-refractivity contribution in [1.29, 1.82) is 0 Å². The lowest BCUT2D eigenvalue weighted by molar-refractivity contribution is 0.190. The summed E-state index contributed by atoms with van der Waals surface area (Å²) in [5.41, 5.74) is 12.4. The lowest BCUT2D eigenvalue weighted by Crippen LogP contribution is -2.52. The van der Waals surface area contributed by atoms with Crippen LogP contribution in [0.1, 0.15) is 44.2 Å². The average Bonchev–Trinajstić information content (AvgIpc) is 3.62. The number of allylic oxidation sites excluding steroid dienone is 3. The molecule has 3 fully saturated rings. The molecule has 3 aliphatic heterocycles. The molecule has 2 aliphatic carbocycles. The van der Waals surface area contributed by atoms with Gasteiger partial charge in [-0.25, -0.2) is 0 Å². The molecule has 8 nitrogen and oxygen atoms in total. The number of nitrogens with zero attached hydrogens (tertiary/aromatic N) is 7. The van der Waals surface area contributed by atoms with Crippen molar-refractivity contribution in [3.05, 3.63) is 59.2 Å². The second-order valence-corrected chi connectivity index (χ2v) is 11.7. The maximum atomic E-state index is 6.20. The second kappa shape index (κ2) is 11.4. The normalized spacial score (nSPS) is 22.5. The minimum Gasteiger partial charge on any atom is -0.369 e. The molecular formula is C32H46N8. The van der Waals surface area contributed by atoms with E-state index in [1.54, 1.807) is 5.57 Å². The topological polar surface area (TPSA) is 68.0 Å². The number of hydrogen-bond acceptors (Lipinski definition) is 8. The highest BCUT2D eigenvalue weighted by atomic mass is 15.3. The molecule has 1 saturated carbocycles. The zero-order valence-corrected chi connectivity index (χ0v) is 24.6. The van der Waals surface area contributed by atoms with Crippen LogP contribution >= 0.6 is 0 Å². The van der Waals surface area contributed by atoms with Gasteiger partial charge in [0.1, 0.15) is 11.6 Å². The Morgan fingerprint density at radius 1 is 0.775 bits per heavy atom. The number of nitrogens with two attached hydrogens (primary N) is 1. The molecule has 2 saturated heterocycles. The van der Waals surface area contributed by atoms with Gasteiger partial charge in [-0.3, -0.25) is 4.90 Å². The van der Waals surface area contributed by atoms with Gasteiger partial charge in [0.25, 0.3) is 0 Å². The van der Waals surface area contributed by atoms with Crippen molar-refractivity contribution in [2.24, 2.45) is 0 Å². The van der Waals surface area contributed by atoms with Gasteiger partial charge in [0.15, 0.2) is 0 Å². The molecule has 7 rings (SSSR count). The van der Waals surface area contributed by atoms with Crippen molar-refractivity contribution in [1.82, 2.24) is 19.8 Å². The summed E-state index contributed by atoms with van der Waals surface area (Å²) in [5, 5.41) is 0. The molecular weight excluding hydrogens is 496 g/mol. The SMILES string of the molecule is CC.CN1CCN(c2cc(N3CCc4ccc(N5CCN(C6(C7=CC=CC7)CC6)CC5)cc4C3)nc(N)n2)CC1. The number of aromatic nitrogens is 2. The number of benzene rings is 1. The van der Waals surface area contributed by atoms with Crippen LogP contribution in [0.15, 0.2) is 48.1 Å². The van der Waals surface area contributed by atoms with Crippen LogP contribution in [-0.2, 0) is 13.0 Å². The smallest absolute Gasteiger partial charge is 0.223 e. The molecule has 2 aromatic rings. The predicted molar refractivity (Wildman–Crippen MR) is 166 cm³/mol. The highest BCUT2D eigenvalue weighted by Gasteiger charge is 2.50.